The van der Waals surface area contributed by atoms with Crippen LogP contribution in [0.2, 0.25) is 5.02 Å². The summed E-state index contributed by atoms with van der Waals surface area (Å²) in [7, 11) is 0. The Balaban J connectivity index is 1.41. The fourth-order valence-corrected chi connectivity index (χ4v) is 4.96. The molecule has 0 aliphatic carbocycles. The highest BCUT2D eigenvalue weighted by Crippen LogP contribution is 2.35. The van der Waals surface area contributed by atoms with Gasteiger partial charge in [-0.3, -0.25) is 10.1 Å². The molecule has 2 aromatic carbocycles. The van der Waals surface area contributed by atoms with Crippen LogP contribution in [0.5, 0.6) is 0 Å². The number of rotatable bonds is 4. The topological polar surface area (TPSA) is 68.3 Å². The van der Waals surface area contributed by atoms with Crippen molar-refractivity contribution < 1.29 is 14.3 Å². The van der Waals surface area contributed by atoms with Crippen molar-refractivity contribution in [3.63, 3.8) is 0 Å². The third kappa shape index (κ3) is 3.66. The number of hydrogen-bond acceptors (Lipinski definition) is 6. The van der Waals surface area contributed by atoms with Crippen LogP contribution in [0.1, 0.15) is 15.2 Å². The van der Waals surface area contributed by atoms with Gasteiger partial charge >= 0.3 is 5.97 Å². The zero-order valence-corrected chi connectivity index (χ0v) is 16.5. The highest BCUT2D eigenvalue weighted by atomic mass is 35.5. The van der Waals surface area contributed by atoms with E-state index >= 15 is 0 Å². The average Bonchev–Trinajstić information content (AvgIpc) is 3.20. The van der Waals surface area contributed by atoms with E-state index in [9.17, 15) is 9.59 Å². The van der Waals surface area contributed by atoms with Gasteiger partial charge in [0, 0.05) is 10.1 Å². The molecule has 4 rings (SSSR count). The van der Waals surface area contributed by atoms with Crippen molar-refractivity contribution in [3.8, 4) is 0 Å². The number of nitrogens with one attached hydrogen (secondary N) is 1. The summed E-state index contributed by atoms with van der Waals surface area (Å²) in [5, 5.41) is 4.28. The second kappa shape index (κ2) is 7.26. The highest BCUT2D eigenvalue weighted by molar-refractivity contribution is 7.22. The molecular weight excluding hydrogens is 404 g/mol. The smallest absolute Gasteiger partial charge is 0.350 e. The summed E-state index contributed by atoms with van der Waals surface area (Å²) >= 11 is 8.87. The van der Waals surface area contributed by atoms with E-state index in [1.54, 1.807) is 0 Å². The number of aryl methyl sites for hydroxylation is 1. The van der Waals surface area contributed by atoms with Crippen LogP contribution in [-0.4, -0.2) is 23.5 Å². The predicted molar refractivity (Wildman–Crippen MR) is 110 cm³/mol. The van der Waals surface area contributed by atoms with Gasteiger partial charge in [-0.05, 0) is 30.7 Å². The molecule has 4 aromatic rings. The molecule has 0 unspecified atom stereocenters. The Labute approximate surface area is 167 Å². The Kier molecular flexibility index (Phi) is 4.82. The Bertz CT molecular complexity index is 1180. The van der Waals surface area contributed by atoms with E-state index in [0.717, 1.165) is 25.9 Å². The summed E-state index contributed by atoms with van der Waals surface area (Å²) < 4.78 is 7.00. The molecule has 5 nitrogen and oxygen atoms in total. The van der Waals surface area contributed by atoms with Crippen LogP contribution in [0.3, 0.4) is 0 Å². The van der Waals surface area contributed by atoms with Crippen LogP contribution < -0.4 is 5.32 Å². The highest BCUT2D eigenvalue weighted by Gasteiger charge is 2.19. The standard InChI is InChI=1S/C19H13ClN2O3S2/c1-10-6-7-12-14(8-10)27-19(21-12)22-15(23)9-25-18(24)17-16(20)11-4-2-3-5-13(11)26-17/h2-8H,9H2,1H3,(H,21,22,23). The van der Waals surface area contributed by atoms with E-state index in [2.05, 4.69) is 10.3 Å². The molecule has 27 heavy (non-hydrogen) atoms. The summed E-state index contributed by atoms with van der Waals surface area (Å²) in [6, 6.07) is 13.3. The van der Waals surface area contributed by atoms with Gasteiger partial charge in [-0.25, -0.2) is 9.78 Å². The number of carbonyl (C=O) groups is 2. The first-order valence-corrected chi connectivity index (χ1v) is 10.0. The zero-order valence-electron chi connectivity index (χ0n) is 14.1. The number of anilines is 1. The first kappa shape index (κ1) is 17.9. The number of aromatic nitrogens is 1. The van der Waals surface area contributed by atoms with Gasteiger partial charge in [-0.1, -0.05) is 47.2 Å². The Morgan fingerprint density at radius 1 is 1.15 bits per heavy atom. The zero-order chi connectivity index (χ0) is 19.0. The minimum Gasteiger partial charge on any atom is -0.451 e. The lowest BCUT2D eigenvalue weighted by molar-refractivity contribution is -0.119. The van der Waals surface area contributed by atoms with Crippen LogP contribution in [-0.2, 0) is 9.53 Å². The fraction of sp³-hybridized carbons (Fsp3) is 0.105. The maximum Gasteiger partial charge on any atom is 0.350 e. The normalized spacial score (nSPS) is 11.0. The molecule has 0 atom stereocenters. The number of halogens is 1. The summed E-state index contributed by atoms with van der Waals surface area (Å²) in [5.74, 6) is -1.06. The molecule has 8 heteroatoms. The molecule has 136 valence electrons. The number of nitrogens with zero attached hydrogens (tertiary/aromatic N) is 1. The van der Waals surface area contributed by atoms with Crippen LogP contribution in [0.15, 0.2) is 42.5 Å². The molecule has 2 heterocycles. The number of benzene rings is 2. The molecule has 0 aliphatic heterocycles. The van der Waals surface area contributed by atoms with Gasteiger partial charge in [0.1, 0.15) is 4.88 Å². The SMILES string of the molecule is Cc1ccc2nc(NC(=O)COC(=O)c3sc4ccccc4c3Cl)sc2c1. The average molecular weight is 417 g/mol. The first-order valence-electron chi connectivity index (χ1n) is 8.02. The van der Waals surface area contributed by atoms with E-state index < -0.39 is 18.5 Å². The van der Waals surface area contributed by atoms with Crippen LogP contribution >= 0.6 is 34.3 Å². The van der Waals surface area contributed by atoms with E-state index in [1.165, 1.54) is 22.7 Å². The monoisotopic (exact) mass is 416 g/mol. The minimum atomic E-state index is -0.615. The van der Waals surface area contributed by atoms with Gasteiger partial charge in [0.15, 0.2) is 11.7 Å². The second-order valence-electron chi connectivity index (χ2n) is 5.86. The molecule has 0 bridgehead atoms. The Morgan fingerprint density at radius 2 is 1.96 bits per heavy atom. The number of amides is 1. The van der Waals surface area contributed by atoms with Crippen LogP contribution in [0.25, 0.3) is 20.3 Å². The molecular formula is C19H13ClN2O3S2. The van der Waals surface area contributed by atoms with Gasteiger partial charge in [0.25, 0.3) is 5.91 Å². The molecule has 0 aliphatic rings. The molecule has 0 fully saturated rings. The van der Waals surface area contributed by atoms with Crippen molar-refractivity contribution in [3.05, 3.63) is 57.9 Å². The molecule has 0 saturated heterocycles. The molecule has 0 radical (unpaired) electrons. The summed E-state index contributed by atoms with van der Waals surface area (Å²) in [6.45, 7) is 1.59. The number of hydrogen-bond donors (Lipinski definition) is 1. The van der Waals surface area contributed by atoms with Gasteiger partial charge in [0.2, 0.25) is 0 Å². The lowest BCUT2D eigenvalue weighted by atomic mass is 10.2. The molecule has 0 spiro atoms. The third-order valence-electron chi connectivity index (χ3n) is 3.84. The van der Waals surface area contributed by atoms with Crippen molar-refractivity contribution in [2.45, 2.75) is 6.92 Å². The number of fused-ring (bicyclic) bond motifs is 2. The molecule has 2 aromatic heterocycles. The second-order valence-corrected chi connectivity index (χ2v) is 8.32. The number of thiophene rings is 1. The number of carbonyl (C=O) groups excluding carboxylic acids is 2. The number of thiazole rings is 1. The van der Waals surface area contributed by atoms with Crippen molar-refractivity contribution in [2.24, 2.45) is 0 Å². The summed E-state index contributed by atoms with van der Waals surface area (Å²) in [4.78, 5) is 29.0. The fourth-order valence-electron chi connectivity index (χ4n) is 2.58. The Hall–Kier alpha value is -2.48. The van der Waals surface area contributed by atoms with Crippen molar-refractivity contribution in [2.75, 3.05) is 11.9 Å². The largest absolute Gasteiger partial charge is 0.451 e. The molecule has 1 N–H and O–H groups in total. The van der Waals surface area contributed by atoms with Gasteiger partial charge in [0.05, 0.1) is 15.2 Å². The summed E-state index contributed by atoms with van der Waals surface area (Å²) in [6.07, 6.45) is 0. The quantitative estimate of drug-likeness (QED) is 0.460. The van der Waals surface area contributed by atoms with Gasteiger partial charge in [-0.2, -0.15) is 0 Å². The van der Waals surface area contributed by atoms with Crippen LogP contribution in [0.4, 0.5) is 5.13 Å². The molecule has 0 saturated carbocycles. The number of esters is 1. The van der Waals surface area contributed by atoms with E-state index in [4.69, 9.17) is 16.3 Å². The third-order valence-corrected chi connectivity index (χ3v) is 6.43. The minimum absolute atomic E-state index is 0.293. The predicted octanol–water partition coefficient (Wildman–Crippen LogP) is 5.27. The first-order chi connectivity index (χ1) is 13.0. The van der Waals surface area contributed by atoms with E-state index in [0.29, 0.717) is 15.0 Å². The van der Waals surface area contributed by atoms with Crippen molar-refractivity contribution in [1.82, 2.24) is 4.98 Å². The van der Waals surface area contributed by atoms with Crippen molar-refractivity contribution >= 4 is 71.6 Å². The lowest BCUT2D eigenvalue weighted by Crippen LogP contribution is -2.20. The lowest BCUT2D eigenvalue weighted by Gasteiger charge is -2.03. The maximum absolute atomic E-state index is 12.3. The Morgan fingerprint density at radius 3 is 2.78 bits per heavy atom. The van der Waals surface area contributed by atoms with E-state index in [1.807, 2.05) is 49.4 Å². The molecule has 1 amide bonds. The van der Waals surface area contributed by atoms with Gasteiger partial charge < -0.3 is 4.74 Å². The van der Waals surface area contributed by atoms with E-state index in [-0.39, 0.29) is 0 Å². The maximum atomic E-state index is 12.3. The van der Waals surface area contributed by atoms with Gasteiger partial charge in [-0.15, -0.1) is 11.3 Å². The van der Waals surface area contributed by atoms with Crippen LogP contribution in [0, 0.1) is 6.92 Å². The van der Waals surface area contributed by atoms with Crippen molar-refractivity contribution in [1.29, 1.82) is 0 Å². The number of ether oxygens (including phenoxy) is 1. The summed E-state index contributed by atoms with van der Waals surface area (Å²) in [5.41, 5.74) is 1.94.